The molecule has 4 atom stereocenters. The molecule has 1 aromatic heterocycles. The number of amides is 1. The molecule has 256 valence electrons. The second-order valence-electron chi connectivity index (χ2n) is 15.8. The Kier molecular flexibility index (Phi) is 9.37. The number of likely N-dealkylation sites (tertiary alicyclic amines) is 2. The number of aliphatic hydroxyl groups is 1. The molecule has 2 aliphatic carbocycles. The summed E-state index contributed by atoms with van der Waals surface area (Å²) in [6.07, 6.45) is 13.8. The Labute approximate surface area is 280 Å². The summed E-state index contributed by atoms with van der Waals surface area (Å²) in [5.74, 6) is 2.97. The average Bonchev–Trinajstić information content (AvgIpc) is 3.71. The Morgan fingerprint density at radius 1 is 0.957 bits per heavy atom. The highest BCUT2D eigenvalue weighted by atomic mass is 16.6. The maximum absolute atomic E-state index is 13.3. The monoisotopic (exact) mass is 645 g/mol. The number of anilines is 3. The van der Waals surface area contributed by atoms with E-state index in [-0.39, 0.29) is 18.2 Å². The van der Waals surface area contributed by atoms with Crippen LogP contribution in [0.3, 0.4) is 0 Å². The summed E-state index contributed by atoms with van der Waals surface area (Å²) >= 11 is 0. The van der Waals surface area contributed by atoms with E-state index in [2.05, 4.69) is 44.4 Å². The van der Waals surface area contributed by atoms with Crippen molar-refractivity contribution in [2.75, 3.05) is 36.4 Å². The van der Waals surface area contributed by atoms with Crippen molar-refractivity contribution in [1.82, 2.24) is 19.8 Å². The lowest BCUT2D eigenvalue weighted by Crippen LogP contribution is -2.56. The molecule has 2 saturated carbocycles. The highest BCUT2D eigenvalue weighted by Gasteiger charge is 2.48. The number of aromatic nitrogens is 2. The number of nitrogens with zero attached hydrogens (tertiary/aromatic N) is 5. The van der Waals surface area contributed by atoms with E-state index in [1.54, 1.807) is 6.20 Å². The molecule has 1 aromatic carbocycles. The van der Waals surface area contributed by atoms with Gasteiger partial charge >= 0.3 is 6.09 Å². The molecule has 4 heterocycles. The fourth-order valence-electron chi connectivity index (χ4n) is 9.00. The van der Waals surface area contributed by atoms with Crippen LogP contribution in [0.25, 0.3) is 0 Å². The quantitative estimate of drug-likeness (QED) is 0.298. The Morgan fingerprint density at radius 3 is 2.32 bits per heavy atom. The van der Waals surface area contributed by atoms with Gasteiger partial charge in [0.15, 0.2) is 5.82 Å². The van der Waals surface area contributed by atoms with Crippen molar-refractivity contribution in [3.63, 3.8) is 0 Å². The Morgan fingerprint density at radius 2 is 1.68 bits per heavy atom. The molecule has 0 spiro atoms. The van der Waals surface area contributed by atoms with Gasteiger partial charge in [0, 0.05) is 24.8 Å². The normalized spacial score (nSPS) is 27.0. The topological polar surface area (TPSA) is 120 Å². The smallest absolute Gasteiger partial charge is 0.410 e. The molecule has 0 radical (unpaired) electrons. The van der Waals surface area contributed by atoms with Crippen LogP contribution in [0.2, 0.25) is 0 Å². The third-order valence-corrected chi connectivity index (χ3v) is 11.7. The van der Waals surface area contributed by atoms with Gasteiger partial charge in [-0.15, -0.1) is 0 Å². The molecule has 2 aromatic rings. The lowest BCUT2D eigenvalue weighted by atomic mass is 9.71. The van der Waals surface area contributed by atoms with Crippen molar-refractivity contribution in [2.45, 2.75) is 127 Å². The first-order chi connectivity index (χ1) is 22.6. The molecule has 10 heteroatoms. The number of benzene rings is 1. The molecule has 10 nitrogen and oxygen atoms in total. The third-order valence-electron chi connectivity index (χ3n) is 11.7. The van der Waals surface area contributed by atoms with Gasteiger partial charge in [-0.25, -0.2) is 14.8 Å². The number of rotatable bonds is 7. The lowest BCUT2D eigenvalue weighted by molar-refractivity contribution is 0.0159. The SMILES string of the molecule is CC(C)(C)OC(=O)N1CC[C@@H]2[C@H]1CC(C1CCC1)CN2c1cnc(C(N)O)c(Nc2ccc(C3CCN(C4CCCC4)CC3)cc2)n1. The van der Waals surface area contributed by atoms with Crippen LogP contribution in [0.5, 0.6) is 0 Å². The van der Waals surface area contributed by atoms with E-state index in [0.29, 0.717) is 35.8 Å². The summed E-state index contributed by atoms with van der Waals surface area (Å²) in [6.45, 7) is 9.73. The van der Waals surface area contributed by atoms with Gasteiger partial charge < -0.3 is 35.6 Å². The van der Waals surface area contributed by atoms with Gasteiger partial charge in [-0.3, -0.25) is 0 Å². The van der Waals surface area contributed by atoms with Crippen LogP contribution in [-0.2, 0) is 4.74 Å². The van der Waals surface area contributed by atoms with Crippen LogP contribution < -0.4 is 16.0 Å². The third kappa shape index (κ3) is 7.10. The lowest BCUT2D eigenvalue weighted by Gasteiger charge is -2.48. The van der Waals surface area contributed by atoms with Crippen molar-refractivity contribution in [1.29, 1.82) is 0 Å². The van der Waals surface area contributed by atoms with Crippen molar-refractivity contribution in [2.24, 2.45) is 17.6 Å². The average molecular weight is 646 g/mol. The van der Waals surface area contributed by atoms with Crippen molar-refractivity contribution in [3.8, 4) is 0 Å². The minimum absolute atomic E-state index is 0.0692. The largest absolute Gasteiger partial charge is 0.444 e. The van der Waals surface area contributed by atoms with Gasteiger partial charge in [0.2, 0.25) is 0 Å². The van der Waals surface area contributed by atoms with Gasteiger partial charge in [0.05, 0.1) is 18.3 Å². The molecule has 2 unspecified atom stereocenters. The van der Waals surface area contributed by atoms with Crippen LogP contribution >= 0.6 is 0 Å². The van der Waals surface area contributed by atoms with Gasteiger partial charge in [-0.05, 0) is 108 Å². The van der Waals surface area contributed by atoms with Gasteiger partial charge in [0.1, 0.15) is 23.3 Å². The molecule has 5 aliphatic rings. The minimum Gasteiger partial charge on any atom is -0.444 e. The molecular formula is C37H55N7O3. The van der Waals surface area contributed by atoms with Crippen LogP contribution in [0.1, 0.15) is 115 Å². The molecule has 1 amide bonds. The predicted molar refractivity (Wildman–Crippen MR) is 185 cm³/mol. The molecule has 7 rings (SSSR count). The first-order valence-electron chi connectivity index (χ1n) is 18.3. The number of hydrogen-bond acceptors (Lipinski definition) is 9. The molecular weight excluding hydrogens is 590 g/mol. The summed E-state index contributed by atoms with van der Waals surface area (Å²) in [6, 6.07) is 9.70. The van der Waals surface area contributed by atoms with Crippen LogP contribution in [0, 0.1) is 11.8 Å². The second-order valence-corrected chi connectivity index (χ2v) is 15.8. The summed E-state index contributed by atoms with van der Waals surface area (Å²) in [5, 5.41) is 13.9. The highest BCUT2D eigenvalue weighted by Crippen LogP contribution is 2.44. The summed E-state index contributed by atoms with van der Waals surface area (Å²) in [4.78, 5) is 30.1. The van der Waals surface area contributed by atoms with Gasteiger partial charge in [0.25, 0.3) is 0 Å². The fourth-order valence-corrected chi connectivity index (χ4v) is 9.00. The number of hydrogen-bond donors (Lipinski definition) is 3. The number of carbonyl (C=O) groups excluding carboxylic acids is 1. The minimum atomic E-state index is -1.26. The summed E-state index contributed by atoms with van der Waals surface area (Å²) in [7, 11) is 0. The zero-order valence-corrected chi connectivity index (χ0v) is 28.6. The first-order valence-corrected chi connectivity index (χ1v) is 18.3. The number of nitrogens with one attached hydrogen (secondary N) is 1. The van der Waals surface area contributed by atoms with E-state index in [9.17, 15) is 9.90 Å². The Hall–Kier alpha value is -2.95. The van der Waals surface area contributed by atoms with Gasteiger partial charge in [-0.1, -0.05) is 44.2 Å². The van der Waals surface area contributed by atoms with E-state index in [0.717, 1.165) is 36.9 Å². The number of nitrogens with two attached hydrogens (primary N) is 1. The molecule has 5 fully saturated rings. The maximum Gasteiger partial charge on any atom is 0.410 e. The zero-order chi connectivity index (χ0) is 32.7. The van der Waals surface area contributed by atoms with Crippen molar-refractivity contribution in [3.05, 3.63) is 41.7 Å². The van der Waals surface area contributed by atoms with Crippen molar-refractivity contribution >= 4 is 23.4 Å². The maximum atomic E-state index is 13.3. The number of piperidine rings is 2. The van der Waals surface area contributed by atoms with E-state index in [4.69, 9.17) is 15.5 Å². The Bertz CT molecular complexity index is 1380. The Balaban J connectivity index is 1.08. The van der Waals surface area contributed by atoms with Crippen LogP contribution in [0.15, 0.2) is 30.5 Å². The molecule has 3 aliphatic heterocycles. The standard InChI is InChI=1S/C37H55N7O3/c1-37(2,3)47-36(46)43-20-17-30-31(43)21-27(24-7-6-8-24)23-44(30)32-22-39-33(34(38)45)35(41-32)40-28-13-11-25(12-14-28)26-15-18-42(19-16-26)29-9-4-5-10-29/h11-14,22,24,26-27,29-31,34,45H,4-10,15-21,23,38H2,1-3H3,(H,40,41)/t27?,30-,31-,34?/m1/s1. The number of ether oxygens (including phenoxy) is 1. The highest BCUT2D eigenvalue weighted by molar-refractivity contribution is 5.70. The van der Waals surface area contributed by atoms with Crippen LogP contribution in [-0.4, -0.2) is 80.9 Å². The number of carbonyl (C=O) groups is 1. The zero-order valence-electron chi connectivity index (χ0n) is 28.6. The molecule has 3 saturated heterocycles. The molecule has 0 bridgehead atoms. The number of aliphatic hydroxyl groups excluding tert-OH is 1. The van der Waals surface area contributed by atoms with E-state index >= 15 is 0 Å². The van der Waals surface area contributed by atoms with E-state index in [1.165, 1.54) is 76.4 Å². The second kappa shape index (κ2) is 13.5. The first kappa shape index (κ1) is 32.6. The summed E-state index contributed by atoms with van der Waals surface area (Å²) in [5.41, 5.74) is 8.06. The van der Waals surface area contributed by atoms with Crippen molar-refractivity contribution < 1.29 is 14.6 Å². The molecule has 47 heavy (non-hydrogen) atoms. The van der Waals surface area contributed by atoms with E-state index < -0.39 is 11.8 Å². The predicted octanol–water partition coefficient (Wildman–Crippen LogP) is 6.30. The fraction of sp³-hybridized carbons (Fsp3) is 0.703. The van der Waals surface area contributed by atoms with Gasteiger partial charge in [-0.2, -0.15) is 0 Å². The number of fused-ring (bicyclic) bond motifs is 1. The summed E-state index contributed by atoms with van der Waals surface area (Å²) < 4.78 is 5.83. The van der Waals surface area contributed by atoms with Crippen LogP contribution in [0.4, 0.5) is 22.1 Å². The van der Waals surface area contributed by atoms with E-state index in [1.807, 2.05) is 25.7 Å². The molecule has 4 N–H and O–H groups in total.